The summed E-state index contributed by atoms with van der Waals surface area (Å²) in [4.78, 5) is 13.4. The summed E-state index contributed by atoms with van der Waals surface area (Å²) in [6.45, 7) is 5.19. The summed E-state index contributed by atoms with van der Waals surface area (Å²) < 4.78 is 0. The van der Waals surface area contributed by atoms with Gasteiger partial charge < -0.3 is 20.4 Å². The van der Waals surface area contributed by atoms with Gasteiger partial charge in [-0.3, -0.25) is 4.99 Å². The largest absolute Gasteiger partial charge is 0.355 e. The van der Waals surface area contributed by atoms with Gasteiger partial charge in [0.15, 0.2) is 11.1 Å². The van der Waals surface area contributed by atoms with Gasteiger partial charge in [0.05, 0.1) is 12.2 Å². The van der Waals surface area contributed by atoms with E-state index in [1.165, 1.54) is 32.4 Å². The molecule has 2 heterocycles. The molecule has 2 N–H and O–H groups in total. The number of hydrogen-bond acceptors (Lipinski definition) is 5. The molecule has 1 aromatic heterocycles. The molecule has 1 aliphatic heterocycles. The van der Waals surface area contributed by atoms with Crippen molar-refractivity contribution in [3.63, 3.8) is 0 Å². The first-order valence-electron chi connectivity index (χ1n) is 7.97. The molecule has 0 bridgehead atoms. The van der Waals surface area contributed by atoms with Crippen LogP contribution < -0.4 is 15.5 Å². The Balaban J connectivity index is 1.68. The molecule has 0 spiro atoms. The van der Waals surface area contributed by atoms with Gasteiger partial charge in [-0.15, -0.1) is 11.3 Å². The fraction of sp³-hybridized carbons (Fsp3) is 0.733. The number of nitrogens with one attached hydrogen (secondary N) is 2. The van der Waals surface area contributed by atoms with Crippen molar-refractivity contribution in [3.05, 3.63) is 11.1 Å². The first kappa shape index (κ1) is 17.0. The van der Waals surface area contributed by atoms with E-state index in [1.807, 2.05) is 26.0 Å². The van der Waals surface area contributed by atoms with Crippen LogP contribution in [-0.4, -0.2) is 63.2 Å². The number of guanidine groups is 1. The Labute approximate surface area is 137 Å². The van der Waals surface area contributed by atoms with Crippen molar-refractivity contribution < 1.29 is 0 Å². The summed E-state index contributed by atoms with van der Waals surface area (Å²) in [6.07, 6.45) is 4.06. The molecule has 0 amide bonds. The van der Waals surface area contributed by atoms with Gasteiger partial charge in [-0.1, -0.05) is 6.42 Å². The van der Waals surface area contributed by atoms with Crippen LogP contribution in [0.15, 0.2) is 10.4 Å². The van der Waals surface area contributed by atoms with Crippen molar-refractivity contribution in [2.45, 2.75) is 25.8 Å². The lowest BCUT2D eigenvalue weighted by Crippen LogP contribution is -2.42. The van der Waals surface area contributed by atoms with E-state index in [0.717, 1.165) is 29.9 Å². The molecule has 0 atom stereocenters. The number of likely N-dealkylation sites (tertiary alicyclic amines) is 1. The Hall–Kier alpha value is -1.34. The van der Waals surface area contributed by atoms with E-state index in [9.17, 15) is 0 Å². The van der Waals surface area contributed by atoms with Crippen LogP contribution in [0.4, 0.5) is 5.13 Å². The maximum absolute atomic E-state index is 4.56. The third-order valence-electron chi connectivity index (χ3n) is 3.75. The van der Waals surface area contributed by atoms with Gasteiger partial charge in [0.1, 0.15) is 0 Å². The topological polar surface area (TPSA) is 55.8 Å². The van der Waals surface area contributed by atoms with Crippen LogP contribution in [0.5, 0.6) is 0 Å². The molecule has 22 heavy (non-hydrogen) atoms. The van der Waals surface area contributed by atoms with Gasteiger partial charge in [0, 0.05) is 39.6 Å². The molecule has 0 radical (unpaired) electrons. The molecule has 1 saturated heterocycles. The minimum Gasteiger partial charge on any atom is -0.355 e. The number of hydrogen-bond donors (Lipinski definition) is 2. The first-order chi connectivity index (χ1) is 10.7. The number of piperidine rings is 1. The molecule has 1 aliphatic rings. The van der Waals surface area contributed by atoms with E-state index in [1.54, 1.807) is 11.3 Å². The molecule has 124 valence electrons. The van der Waals surface area contributed by atoms with Gasteiger partial charge in [-0.25, -0.2) is 4.98 Å². The average molecular weight is 324 g/mol. The highest BCUT2D eigenvalue weighted by molar-refractivity contribution is 7.13. The number of aliphatic imine (C=N–C) groups is 1. The molecule has 0 unspecified atom stereocenters. The first-order valence-corrected chi connectivity index (χ1v) is 8.85. The molecule has 0 saturated carbocycles. The highest BCUT2D eigenvalue weighted by Gasteiger charge is 2.09. The predicted octanol–water partition coefficient (Wildman–Crippen LogP) is 1.36. The Kier molecular flexibility index (Phi) is 6.92. The number of aromatic nitrogens is 1. The third-order valence-corrected chi connectivity index (χ3v) is 4.81. The maximum atomic E-state index is 4.56. The summed E-state index contributed by atoms with van der Waals surface area (Å²) in [7, 11) is 5.83. The summed E-state index contributed by atoms with van der Waals surface area (Å²) >= 11 is 1.66. The zero-order valence-corrected chi connectivity index (χ0v) is 14.7. The van der Waals surface area contributed by atoms with Gasteiger partial charge >= 0.3 is 0 Å². The Morgan fingerprint density at radius 1 is 1.32 bits per heavy atom. The lowest BCUT2D eigenvalue weighted by molar-refractivity contribution is 0.232. The lowest BCUT2D eigenvalue weighted by Gasteiger charge is -2.26. The second-order valence-electron chi connectivity index (χ2n) is 5.77. The number of rotatable bonds is 6. The Morgan fingerprint density at radius 3 is 2.73 bits per heavy atom. The summed E-state index contributed by atoms with van der Waals surface area (Å²) in [6, 6.07) is 0. The molecular weight excluding hydrogens is 296 g/mol. The quantitative estimate of drug-likeness (QED) is 0.611. The summed E-state index contributed by atoms with van der Waals surface area (Å²) in [5, 5.41) is 9.82. The average Bonchev–Trinajstić information content (AvgIpc) is 3.01. The second kappa shape index (κ2) is 8.95. The molecular formula is C15H28N6S. The maximum Gasteiger partial charge on any atom is 0.191 e. The van der Waals surface area contributed by atoms with E-state index >= 15 is 0 Å². The van der Waals surface area contributed by atoms with Crippen molar-refractivity contribution in [2.75, 3.05) is 52.2 Å². The Bertz CT molecular complexity index is 464. The van der Waals surface area contributed by atoms with Crippen LogP contribution in [0.1, 0.15) is 25.0 Å². The molecule has 1 aromatic rings. The summed E-state index contributed by atoms with van der Waals surface area (Å²) in [5.41, 5.74) is 1.05. The number of thiazole rings is 1. The predicted molar refractivity (Wildman–Crippen MR) is 94.9 cm³/mol. The standard InChI is InChI=1S/C15H28N6S/c1-16-14(17-7-10-21-8-5-4-6-9-21)18-11-13-12-22-15(19-13)20(2)3/h12H,4-11H2,1-3H3,(H2,16,17,18). The van der Waals surface area contributed by atoms with Gasteiger partial charge in [-0.2, -0.15) is 0 Å². The molecule has 1 fully saturated rings. The van der Waals surface area contributed by atoms with Crippen LogP contribution in [-0.2, 0) is 6.54 Å². The molecule has 2 rings (SSSR count). The number of nitrogens with zero attached hydrogens (tertiary/aromatic N) is 4. The SMILES string of the molecule is CN=C(NCCN1CCCCC1)NCc1csc(N(C)C)n1. The van der Waals surface area contributed by atoms with Crippen LogP contribution in [0.3, 0.4) is 0 Å². The lowest BCUT2D eigenvalue weighted by atomic mass is 10.1. The van der Waals surface area contributed by atoms with Crippen molar-refractivity contribution >= 4 is 22.4 Å². The normalized spacial score (nSPS) is 16.6. The zero-order valence-electron chi connectivity index (χ0n) is 13.9. The molecule has 6 nitrogen and oxygen atoms in total. The fourth-order valence-electron chi connectivity index (χ4n) is 2.49. The monoisotopic (exact) mass is 324 g/mol. The van der Waals surface area contributed by atoms with Crippen LogP contribution in [0, 0.1) is 0 Å². The minimum absolute atomic E-state index is 0.702. The fourth-order valence-corrected chi connectivity index (χ4v) is 3.25. The number of anilines is 1. The third kappa shape index (κ3) is 5.46. The van der Waals surface area contributed by atoms with E-state index in [0.29, 0.717) is 6.54 Å². The van der Waals surface area contributed by atoms with Crippen molar-refractivity contribution in [1.82, 2.24) is 20.5 Å². The van der Waals surface area contributed by atoms with Gasteiger partial charge in [0.2, 0.25) is 0 Å². The van der Waals surface area contributed by atoms with Crippen molar-refractivity contribution in [2.24, 2.45) is 4.99 Å². The highest BCUT2D eigenvalue weighted by atomic mass is 32.1. The Morgan fingerprint density at radius 2 is 2.09 bits per heavy atom. The zero-order chi connectivity index (χ0) is 15.8. The van der Waals surface area contributed by atoms with Gasteiger partial charge in [-0.05, 0) is 25.9 Å². The van der Waals surface area contributed by atoms with Crippen LogP contribution >= 0.6 is 11.3 Å². The van der Waals surface area contributed by atoms with E-state index < -0.39 is 0 Å². The van der Waals surface area contributed by atoms with Crippen molar-refractivity contribution in [3.8, 4) is 0 Å². The minimum atomic E-state index is 0.702. The molecule has 7 heteroatoms. The van der Waals surface area contributed by atoms with E-state index in [4.69, 9.17) is 0 Å². The second-order valence-corrected chi connectivity index (χ2v) is 6.61. The van der Waals surface area contributed by atoms with E-state index in [-0.39, 0.29) is 0 Å². The van der Waals surface area contributed by atoms with Crippen LogP contribution in [0.2, 0.25) is 0 Å². The molecule has 0 aromatic carbocycles. The molecule has 0 aliphatic carbocycles. The van der Waals surface area contributed by atoms with E-state index in [2.05, 4.69) is 30.9 Å². The van der Waals surface area contributed by atoms with Gasteiger partial charge in [0.25, 0.3) is 0 Å². The highest BCUT2D eigenvalue weighted by Crippen LogP contribution is 2.17. The summed E-state index contributed by atoms with van der Waals surface area (Å²) in [5.74, 6) is 0.844. The van der Waals surface area contributed by atoms with Crippen molar-refractivity contribution in [1.29, 1.82) is 0 Å². The van der Waals surface area contributed by atoms with Crippen LogP contribution in [0.25, 0.3) is 0 Å². The smallest absolute Gasteiger partial charge is 0.191 e.